The number of aromatic nitrogens is 1. The van der Waals surface area contributed by atoms with Gasteiger partial charge in [-0.25, -0.2) is 4.79 Å². The van der Waals surface area contributed by atoms with Crippen molar-refractivity contribution in [2.75, 3.05) is 7.11 Å². The van der Waals surface area contributed by atoms with Crippen LogP contribution in [-0.2, 0) is 11.3 Å². The number of hydrogen-bond donors (Lipinski definition) is 0. The van der Waals surface area contributed by atoms with Crippen LogP contribution in [-0.4, -0.2) is 18.1 Å². The van der Waals surface area contributed by atoms with E-state index >= 15 is 0 Å². The van der Waals surface area contributed by atoms with Gasteiger partial charge in [0.2, 0.25) is 0 Å². The molecule has 0 aliphatic rings. The van der Waals surface area contributed by atoms with Crippen LogP contribution in [0.3, 0.4) is 0 Å². The minimum absolute atomic E-state index is 0.302. The molecule has 0 atom stereocenters. The molecule has 0 aliphatic heterocycles. The molecule has 2 aromatic rings. The third-order valence-corrected chi connectivity index (χ3v) is 2.70. The highest BCUT2D eigenvalue weighted by Crippen LogP contribution is 2.15. The Morgan fingerprint density at radius 1 is 1.21 bits per heavy atom. The van der Waals surface area contributed by atoms with Crippen LogP contribution in [0.5, 0.6) is 5.75 Å². The number of hydrogen-bond acceptors (Lipinski definition) is 4. The van der Waals surface area contributed by atoms with E-state index in [0.29, 0.717) is 17.9 Å². The van der Waals surface area contributed by atoms with Crippen molar-refractivity contribution in [2.45, 2.75) is 13.5 Å². The van der Waals surface area contributed by atoms with Gasteiger partial charge in [-0.05, 0) is 25.1 Å². The molecule has 19 heavy (non-hydrogen) atoms. The predicted molar refractivity (Wildman–Crippen MR) is 71.1 cm³/mol. The molecule has 98 valence electrons. The number of carbonyl (C=O) groups is 1. The average Bonchev–Trinajstić information content (AvgIpc) is 2.46. The van der Waals surface area contributed by atoms with Crippen LogP contribution in [0.1, 0.15) is 21.6 Å². The van der Waals surface area contributed by atoms with E-state index in [-0.39, 0.29) is 5.97 Å². The first-order chi connectivity index (χ1) is 9.20. The van der Waals surface area contributed by atoms with Crippen molar-refractivity contribution < 1.29 is 14.3 Å². The van der Waals surface area contributed by atoms with E-state index in [0.717, 1.165) is 11.3 Å². The lowest BCUT2D eigenvalue weighted by atomic mass is 10.1. The number of carbonyl (C=O) groups excluding carboxylic acids is 1. The van der Waals surface area contributed by atoms with Gasteiger partial charge in [0.25, 0.3) is 0 Å². The molecular formula is C15H15NO3. The van der Waals surface area contributed by atoms with Crippen molar-refractivity contribution in [3.63, 3.8) is 0 Å². The predicted octanol–water partition coefficient (Wildman–Crippen LogP) is 2.76. The van der Waals surface area contributed by atoms with Gasteiger partial charge < -0.3 is 9.47 Å². The first kappa shape index (κ1) is 13.1. The van der Waals surface area contributed by atoms with E-state index in [1.54, 1.807) is 18.3 Å². The average molecular weight is 257 g/mol. The molecule has 2 rings (SSSR count). The first-order valence-electron chi connectivity index (χ1n) is 5.92. The zero-order valence-electron chi connectivity index (χ0n) is 10.9. The molecule has 0 unspecified atom stereocenters. The van der Waals surface area contributed by atoms with E-state index in [1.807, 2.05) is 31.2 Å². The van der Waals surface area contributed by atoms with Crippen molar-refractivity contribution in [1.82, 2.24) is 4.98 Å². The zero-order chi connectivity index (χ0) is 13.7. The molecule has 0 aliphatic carbocycles. The van der Waals surface area contributed by atoms with Crippen molar-refractivity contribution in [2.24, 2.45) is 0 Å². The van der Waals surface area contributed by atoms with Crippen molar-refractivity contribution in [1.29, 1.82) is 0 Å². The number of nitrogens with zero attached hydrogens (tertiary/aromatic N) is 1. The lowest BCUT2D eigenvalue weighted by Gasteiger charge is -2.09. The summed E-state index contributed by atoms with van der Waals surface area (Å²) < 4.78 is 10.3. The van der Waals surface area contributed by atoms with E-state index in [2.05, 4.69) is 4.98 Å². The molecule has 4 heteroatoms. The van der Waals surface area contributed by atoms with Crippen LogP contribution in [0.2, 0.25) is 0 Å². The summed E-state index contributed by atoms with van der Waals surface area (Å²) in [5.41, 5.74) is 2.24. The molecule has 1 aromatic heterocycles. The second-order valence-corrected chi connectivity index (χ2v) is 4.07. The summed E-state index contributed by atoms with van der Waals surface area (Å²) in [6.45, 7) is 2.21. The van der Waals surface area contributed by atoms with Gasteiger partial charge in [-0.3, -0.25) is 4.98 Å². The van der Waals surface area contributed by atoms with Crippen molar-refractivity contribution in [3.8, 4) is 5.75 Å². The summed E-state index contributed by atoms with van der Waals surface area (Å²) in [5.74, 6) is 0.312. The molecule has 0 spiro atoms. The van der Waals surface area contributed by atoms with Gasteiger partial charge in [-0.15, -0.1) is 0 Å². The number of pyridine rings is 1. The van der Waals surface area contributed by atoms with Gasteiger partial charge in [-0.2, -0.15) is 0 Å². The summed E-state index contributed by atoms with van der Waals surface area (Å²) in [6, 6.07) is 10.9. The maximum atomic E-state index is 11.6. The normalized spacial score (nSPS) is 10.0. The van der Waals surface area contributed by atoms with Gasteiger partial charge in [0.05, 0.1) is 18.9 Å². The van der Waals surface area contributed by atoms with Crippen LogP contribution >= 0.6 is 0 Å². The van der Waals surface area contributed by atoms with Gasteiger partial charge in [-0.1, -0.05) is 18.2 Å². The summed E-state index contributed by atoms with van der Waals surface area (Å²) in [4.78, 5) is 15.7. The number of aryl methyl sites for hydroxylation is 1. The minimum atomic E-state index is -0.360. The van der Waals surface area contributed by atoms with Crippen LogP contribution in [0.25, 0.3) is 0 Å². The first-order valence-corrected chi connectivity index (χ1v) is 5.92. The largest absolute Gasteiger partial charge is 0.487 e. The van der Waals surface area contributed by atoms with Crippen molar-refractivity contribution in [3.05, 3.63) is 59.4 Å². The fraction of sp³-hybridized carbons (Fsp3) is 0.200. The lowest BCUT2D eigenvalue weighted by molar-refractivity contribution is 0.0597. The van der Waals surface area contributed by atoms with E-state index in [1.165, 1.54) is 7.11 Å². The molecule has 0 amide bonds. The number of rotatable bonds is 4. The molecule has 0 bridgehead atoms. The van der Waals surface area contributed by atoms with Crippen LogP contribution in [0, 0.1) is 6.92 Å². The Labute approximate surface area is 112 Å². The number of ether oxygens (including phenoxy) is 2. The third kappa shape index (κ3) is 3.31. The summed E-state index contributed by atoms with van der Waals surface area (Å²) >= 11 is 0. The Kier molecular flexibility index (Phi) is 4.13. The highest BCUT2D eigenvalue weighted by Gasteiger charge is 2.11. The van der Waals surface area contributed by atoms with Gasteiger partial charge in [0, 0.05) is 11.3 Å². The van der Waals surface area contributed by atoms with Crippen LogP contribution in [0.15, 0.2) is 42.6 Å². The fourth-order valence-electron chi connectivity index (χ4n) is 1.66. The highest BCUT2D eigenvalue weighted by molar-refractivity contribution is 5.90. The maximum Gasteiger partial charge on any atom is 0.338 e. The monoisotopic (exact) mass is 257 g/mol. The molecule has 1 aromatic carbocycles. The maximum absolute atomic E-state index is 11.6. The minimum Gasteiger partial charge on any atom is -0.487 e. The summed E-state index contributed by atoms with van der Waals surface area (Å²) in [7, 11) is 1.36. The van der Waals surface area contributed by atoms with Gasteiger partial charge in [0.15, 0.2) is 0 Å². The Bertz CT molecular complexity index is 564. The molecular weight excluding hydrogens is 242 g/mol. The number of methoxy groups -OCH3 is 1. The molecule has 0 saturated heterocycles. The van der Waals surface area contributed by atoms with E-state index in [4.69, 9.17) is 9.47 Å². The Morgan fingerprint density at radius 3 is 2.68 bits per heavy atom. The van der Waals surface area contributed by atoms with E-state index < -0.39 is 0 Å². The standard InChI is InChI=1S/C15H15NO3/c1-11-7-8-13(9-16-11)19-10-12-5-3-4-6-14(12)15(17)18-2/h3-9H,10H2,1-2H3. The van der Waals surface area contributed by atoms with Gasteiger partial charge >= 0.3 is 5.97 Å². The Morgan fingerprint density at radius 2 is 2.00 bits per heavy atom. The molecule has 0 N–H and O–H groups in total. The zero-order valence-corrected chi connectivity index (χ0v) is 10.9. The Balaban J connectivity index is 2.11. The number of benzene rings is 1. The molecule has 0 radical (unpaired) electrons. The molecule has 0 fully saturated rings. The van der Waals surface area contributed by atoms with E-state index in [9.17, 15) is 4.79 Å². The summed E-state index contributed by atoms with van der Waals surface area (Å²) in [5, 5.41) is 0. The second kappa shape index (κ2) is 6.00. The Hall–Kier alpha value is -2.36. The van der Waals surface area contributed by atoms with Crippen LogP contribution < -0.4 is 4.74 Å². The SMILES string of the molecule is COC(=O)c1ccccc1COc1ccc(C)nc1. The smallest absolute Gasteiger partial charge is 0.338 e. The van der Waals surface area contributed by atoms with Gasteiger partial charge in [0.1, 0.15) is 12.4 Å². The quantitative estimate of drug-likeness (QED) is 0.790. The molecule has 4 nitrogen and oxygen atoms in total. The fourth-order valence-corrected chi connectivity index (χ4v) is 1.66. The molecule has 0 saturated carbocycles. The second-order valence-electron chi connectivity index (χ2n) is 4.07. The number of esters is 1. The topological polar surface area (TPSA) is 48.4 Å². The summed E-state index contributed by atoms with van der Waals surface area (Å²) in [6.07, 6.45) is 1.66. The highest BCUT2D eigenvalue weighted by atomic mass is 16.5. The lowest BCUT2D eigenvalue weighted by Crippen LogP contribution is -2.07. The third-order valence-electron chi connectivity index (χ3n) is 2.70. The molecule has 1 heterocycles. The van der Waals surface area contributed by atoms with Crippen molar-refractivity contribution >= 4 is 5.97 Å². The van der Waals surface area contributed by atoms with Crippen LogP contribution in [0.4, 0.5) is 0 Å².